The van der Waals surface area contributed by atoms with Crippen LogP contribution in [0.2, 0.25) is 5.02 Å². The monoisotopic (exact) mass is 569 g/mol. The molecule has 0 heterocycles. The molecule has 9 heteroatoms. The zero-order valence-electron chi connectivity index (χ0n) is 23.2. The number of nitrogens with one attached hydrogen (secondary N) is 1. The maximum absolute atomic E-state index is 13.9. The molecule has 0 aromatic heterocycles. The second-order valence-electron chi connectivity index (χ2n) is 10.7. The lowest BCUT2D eigenvalue weighted by Crippen LogP contribution is -2.54. The molecule has 39 heavy (non-hydrogen) atoms. The summed E-state index contributed by atoms with van der Waals surface area (Å²) in [7, 11) is -4.14. The second-order valence-corrected chi connectivity index (χ2v) is 13.0. The highest BCUT2D eigenvalue weighted by Gasteiger charge is 2.33. The Labute approximate surface area is 236 Å². The molecule has 0 saturated carbocycles. The zero-order chi connectivity index (χ0) is 29.0. The summed E-state index contributed by atoms with van der Waals surface area (Å²) in [6.45, 7) is 10.7. The van der Waals surface area contributed by atoms with Crippen molar-refractivity contribution in [2.45, 2.75) is 64.6 Å². The fourth-order valence-corrected chi connectivity index (χ4v) is 5.52. The van der Waals surface area contributed by atoms with Gasteiger partial charge in [-0.25, -0.2) is 8.42 Å². The van der Waals surface area contributed by atoms with E-state index in [0.29, 0.717) is 10.7 Å². The fraction of sp³-hybridized carbons (Fsp3) is 0.333. The Bertz CT molecular complexity index is 1420. The number of carbonyl (C=O) groups excluding carboxylic acids is 2. The molecule has 0 saturated heterocycles. The summed E-state index contributed by atoms with van der Waals surface area (Å²) in [6.07, 6.45) is 0. The molecule has 1 atom stereocenters. The first-order valence-electron chi connectivity index (χ1n) is 12.7. The fourth-order valence-electron chi connectivity index (χ4n) is 3.99. The van der Waals surface area contributed by atoms with Gasteiger partial charge in [-0.05, 0) is 89.1 Å². The summed E-state index contributed by atoms with van der Waals surface area (Å²) in [5.41, 5.74) is 2.57. The lowest BCUT2D eigenvalue weighted by Gasteiger charge is -2.33. The summed E-state index contributed by atoms with van der Waals surface area (Å²) in [6, 6.07) is 19.6. The molecular formula is C30H36ClN3O4S. The van der Waals surface area contributed by atoms with E-state index in [1.54, 1.807) is 25.1 Å². The van der Waals surface area contributed by atoms with E-state index in [1.165, 1.54) is 29.2 Å². The van der Waals surface area contributed by atoms with E-state index in [-0.39, 0.29) is 17.3 Å². The van der Waals surface area contributed by atoms with Gasteiger partial charge in [0.1, 0.15) is 12.6 Å². The number of rotatable bonds is 9. The molecule has 0 aliphatic rings. The predicted molar refractivity (Wildman–Crippen MR) is 156 cm³/mol. The number of benzene rings is 3. The molecule has 2 amide bonds. The maximum atomic E-state index is 13.9. The Kier molecular flexibility index (Phi) is 9.46. The Balaban J connectivity index is 2.03. The van der Waals surface area contributed by atoms with E-state index in [1.807, 2.05) is 65.0 Å². The molecule has 0 spiro atoms. The van der Waals surface area contributed by atoms with Gasteiger partial charge in [-0.15, -0.1) is 0 Å². The molecule has 0 aliphatic heterocycles. The van der Waals surface area contributed by atoms with Crippen LogP contribution in [0.5, 0.6) is 0 Å². The van der Waals surface area contributed by atoms with Gasteiger partial charge in [0, 0.05) is 17.1 Å². The van der Waals surface area contributed by atoms with Crippen molar-refractivity contribution in [2.75, 3.05) is 10.8 Å². The van der Waals surface area contributed by atoms with Crippen LogP contribution in [0.1, 0.15) is 44.4 Å². The number of anilines is 1. The average molecular weight is 570 g/mol. The molecular weight excluding hydrogens is 534 g/mol. The van der Waals surface area contributed by atoms with Crippen molar-refractivity contribution in [1.29, 1.82) is 0 Å². The van der Waals surface area contributed by atoms with Crippen molar-refractivity contribution < 1.29 is 18.0 Å². The van der Waals surface area contributed by atoms with Gasteiger partial charge in [-0.1, -0.05) is 53.6 Å². The maximum Gasteiger partial charge on any atom is 0.264 e. The predicted octanol–water partition coefficient (Wildman–Crippen LogP) is 5.48. The molecule has 0 fully saturated rings. The molecule has 0 unspecified atom stereocenters. The van der Waals surface area contributed by atoms with E-state index < -0.39 is 34.1 Å². The normalized spacial score (nSPS) is 12.5. The smallest absolute Gasteiger partial charge is 0.264 e. The van der Waals surface area contributed by atoms with Crippen molar-refractivity contribution in [3.8, 4) is 0 Å². The summed E-state index contributed by atoms with van der Waals surface area (Å²) in [5.74, 6) is -0.836. The third-order valence-corrected chi connectivity index (χ3v) is 8.15. The Morgan fingerprint density at radius 2 is 1.54 bits per heavy atom. The summed E-state index contributed by atoms with van der Waals surface area (Å²) < 4.78 is 28.8. The highest BCUT2D eigenvalue weighted by atomic mass is 35.5. The largest absolute Gasteiger partial charge is 0.350 e. The van der Waals surface area contributed by atoms with Crippen molar-refractivity contribution in [1.82, 2.24) is 10.2 Å². The molecule has 0 bridgehead atoms. The Morgan fingerprint density at radius 3 is 2.10 bits per heavy atom. The van der Waals surface area contributed by atoms with Gasteiger partial charge in [-0.2, -0.15) is 0 Å². The second kappa shape index (κ2) is 12.2. The van der Waals surface area contributed by atoms with Gasteiger partial charge in [0.2, 0.25) is 11.8 Å². The summed E-state index contributed by atoms with van der Waals surface area (Å²) in [4.78, 5) is 28.5. The first-order valence-corrected chi connectivity index (χ1v) is 14.5. The van der Waals surface area contributed by atoms with Crippen LogP contribution in [0.15, 0.2) is 77.7 Å². The minimum Gasteiger partial charge on any atom is -0.350 e. The van der Waals surface area contributed by atoms with Gasteiger partial charge >= 0.3 is 0 Å². The zero-order valence-corrected chi connectivity index (χ0v) is 24.8. The highest BCUT2D eigenvalue weighted by molar-refractivity contribution is 7.92. The highest BCUT2D eigenvalue weighted by Crippen LogP contribution is 2.26. The van der Waals surface area contributed by atoms with Gasteiger partial charge < -0.3 is 10.2 Å². The molecule has 208 valence electrons. The van der Waals surface area contributed by atoms with Crippen LogP contribution in [-0.2, 0) is 26.2 Å². The van der Waals surface area contributed by atoms with Crippen LogP contribution < -0.4 is 9.62 Å². The van der Waals surface area contributed by atoms with Crippen LogP contribution in [0.4, 0.5) is 5.69 Å². The topological polar surface area (TPSA) is 86.8 Å². The molecule has 1 N–H and O–H groups in total. The molecule has 3 rings (SSSR count). The van der Waals surface area contributed by atoms with Crippen LogP contribution >= 0.6 is 11.6 Å². The van der Waals surface area contributed by atoms with Crippen molar-refractivity contribution in [3.63, 3.8) is 0 Å². The minimum atomic E-state index is -4.14. The van der Waals surface area contributed by atoms with E-state index in [9.17, 15) is 18.0 Å². The molecule has 7 nitrogen and oxygen atoms in total. The standard InChI is InChI=1S/C30H36ClN3O4S/c1-21-10-12-24(13-11-21)19-33(23(3)29(36)32-30(4,5)6)28(35)20-34(26-9-7-8-22(2)18-26)39(37,38)27-16-14-25(31)15-17-27/h7-18,23H,19-20H2,1-6H3,(H,32,36)/t23-/m1/s1. The van der Waals surface area contributed by atoms with Crippen LogP contribution in [0.3, 0.4) is 0 Å². The first kappa shape index (κ1) is 30.2. The number of halogens is 1. The third-order valence-electron chi connectivity index (χ3n) is 6.11. The molecule has 3 aromatic rings. The van der Waals surface area contributed by atoms with E-state index in [0.717, 1.165) is 21.0 Å². The lowest BCUT2D eigenvalue weighted by atomic mass is 10.1. The van der Waals surface area contributed by atoms with E-state index in [4.69, 9.17) is 11.6 Å². The number of hydrogen-bond acceptors (Lipinski definition) is 4. The van der Waals surface area contributed by atoms with Crippen LogP contribution in [0.25, 0.3) is 0 Å². The number of amides is 2. The molecule has 0 radical (unpaired) electrons. The van der Waals surface area contributed by atoms with Crippen molar-refractivity contribution in [3.05, 3.63) is 94.5 Å². The Morgan fingerprint density at radius 1 is 0.923 bits per heavy atom. The summed E-state index contributed by atoms with van der Waals surface area (Å²) in [5, 5.41) is 3.32. The number of hydrogen-bond donors (Lipinski definition) is 1. The van der Waals surface area contributed by atoms with Crippen LogP contribution in [-0.4, -0.2) is 43.3 Å². The average Bonchev–Trinajstić information content (AvgIpc) is 2.85. The number of aryl methyl sites for hydroxylation is 2. The van der Waals surface area contributed by atoms with Crippen LogP contribution in [0, 0.1) is 13.8 Å². The van der Waals surface area contributed by atoms with Crippen molar-refractivity contribution in [2.24, 2.45) is 0 Å². The lowest BCUT2D eigenvalue weighted by molar-refractivity contribution is -0.140. The molecule has 0 aliphatic carbocycles. The quantitative estimate of drug-likeness (QED) is 0.369. The first-order chi connectivity index (χ1) is 18.2. The number of nitrogens with zero attached hydrogens (tertiary/aromatic N) is 2. The third kappa shape index (κ3) is 8.07. The summed E-state index contributed by atoms with van der Waals surface area (Å²) >= 11 is 5.99. The van der Waals surface area contributed by atoms with Gasteiger partial charge in [0.15, 0.2) is 0 Å². The number of carbonyl (C=O) groups is 2. The minimum absolute atomic E-state index is 0.00446. The van der Waals surface area contributed by atoms with E-state index in [2.05, 4.69) is 5.32 Å². The van der Waals surface area contributed by atoms with Gasteiger partial charge in [0.05, 0.1) is 10.6 Å². The van der Waals surface area contributed by atoms with Gasteiger partial charge in [0.25, 0.3) is 10.0 Å². The number of sulfonamides is 1. The van der Waals surface area contributed by atoms with Crippen molar-refractivity contribution >= 4 is 39.1 Å². The van der Waals surface area contributed by atoms with E-state index >= 15 is 0 Å². The molecule has 3 aromatic carbocycles. The Hall–Kier alpha value is -3.36. The van der Waals surface area contributed by atoms with Gasteiger partial charge in [-0.3, -0.25) is 13.9 Å². The SMILES string of the molecule is Cc1ccc(CN(C(=O)CN(c2cccc(C)c2)S(=O)(=O)c2ccc(Cl)cc2)[C@H](C)C(=O)NC(C)(C)C)cc1.